The van der Waals surface area contributed by atoms with Crippen LogP contribution in [0.15, 0.2) is 30.3 Å². The first-order valence-electron chi connectivity index (χ1n) is 4.19. The molecule has 4 N–H and O–H groups in total. The maximum absolute atomic E-state index is 2.30. The van der Waals surface area contributed by atoms with Crippen molar-refractivity contribution >= 4 is 6.08 Å². The number of fused-ring (bicyclic) bond motifs is 1. The van der Waals surface area contributed by atoms with Crippen LogP contribution in [0.2, 0.25) is 0 Å². The fraction of sp³-hybridized carbons (Fsp3) is 0.273. The van der Waals surface area contributed by atoms with Crippen LogP contribution in [0, 0.1) is 0 Å². The first-order valence-corrected chi connectivity index (χ1v) is 4.19. The Bertz CT molecular complexity index is 292. The predicted molar refractivity (Wildman–Crippen MR) is 55.7 cm³/mol. The van der Waals surface area contributed by atoms with Gasteiger partial charge in [0, 0.05) is 5.92 Å². The van der Waals surface area contributed by atoms with Crippen LogP contribution in [0.4, 0.5) is 0 Å². The predicted octanol–water partition coefficient (Wildman–Crippen LogP) is 1.56. The van der Waals surface area contributed by atoms with E-state index >= 15 is 0 Å². The monoisotopic (exact) mass is 180 g/mol. The van der Waals surface area contributed by atoms with Crippen molar-refractivity contribution in [3.8, 4) is 0 Å². The molecule has 0 radical (unpaired) electrons. The summed E-state index contributed by atoms with van der Waals surface area (Å²) in [7, 11) is 0. The molecule has 0 aliphatic heterocycles. The average Bonchev–Trinajstić information content (AvgIpc) is 2.47. The van der Waals surface area contributed by atoms with Crippen molar-refractivity contribution in [3.05, 3.63) is 41.5 Å². The molecular formula is C11H16O2. The van der Waals surface area contributed by atoms with Crippen LogP contribution in [-0.4, -0.2) is 11.0 Å². The minimum Gasteiger partial charge on any atom is -0.412 e. The molecule has 0 saturated carbocycles. The van der Waals surface area contributed by atoms with Crippen LogP contribution < -0.4 is 0 Å². The highest BCUT2D eigenvalue weighted by Gasteiger charge is 2.13. The van der Waals surface area contributed by atoms with Gasteiger partial charge in [-0.2, -0.15) is 0 Å². The van der Waals surface area contributed by atoms with Crippen LogP contribution in [0.1, 0.15) is 30.4 Å². The number of rotatable bonds is 1. The van der Waals surface area contributed by atoms with Gasteiger partial charge in [0.15, 0.2) is 0 Å². The molecule has 1 aromatic carbocycles. The summed E-state index contributed by atoms with van der Waals surface area (Å²) in [5, 5.41) is 0. The second kappa shape index (κ2) is 4.80. The zero-order valence-corrected chi connectivity index (χ0v) is 7.75. The third kappa shape index (κ3) is 1.97. The molecule has 2 rings (SSSR count). The lowest BCUT2D eigenvalue weighted by Gasteiger charge is -2.05. The largest absolute Gasteiger partial charge is 0.412 e. The summed E-state index contributed by atoms with van der Waals surface area (Å²) in [6, 6.07) is 8.63. The van der Waals surface area contributed by atoms with Gasteiger partial charge in [0.2, 0.25) is 0 Å². The summed E-state index contributed by atoms with van der Waals surface area (Å²) >= 11 is 0. The highest BCUT2D eigenvalue weighted by Crippen LogP contribution is 2.31. The lowest BCUT2D eigenvalue weighted by atomic mass is 9.99. The van der Waals surface area contributed by atoms with Crippen molar-refractivity contribution in [2.75, 3.05) is 0 Å². The summed E-state index contributed by atoms with van der Waals surface area (Å²) in [5.74, 6) is 0.672. The molecule has 2 nitrogen and oxygen atoms in total. The van der Waals surface area contributed by atoms with Gasteiger partial charge >= 0.3 is 0 Å². The van der Waals surface area contributed by atoms with E-state index in [1.165, 1.54) is 17.5 Å². The van der Waals surface area contributed by atoms with Crippen LogP contribution in [0.5, 0.6) is 0 Å². The van der Waals surface area contributed by atoms with E-state index in [9.17, 15) is 0 Å². The van der Waals surface area contributed by atoms with Gasteiger partial charge in [0.05, 0.1) is 0 Å². The van der Waals surface area contributed by atoms with E-state index in [0.29, 0.717) is 5.92 Å². The molecule has 0 fully saturated rings. The SMILES string of the molecule is CCC1C=Cc2ccccc21.O.O. The van der Waals surface area contributed by atoms with Crippen LogP contribution >= 0.6 is 0 Å². The summed E-state index contributed by atoms with van der Waals surface area (Å²) in [6.45, 7) is 2.23. The van der Waals surface area contributed by atoms with Gasteiger partial charge in [-0.25, -0.2) is 0 Å². The molecule has 2 heteroatoms. The maximum atomic E-state index is 2.30. The zero-order valence-electron chi connectivity index (χ0n) is 7.75. The van der Waals surface area contributed by atoms with Crippen molar-refractivity contribution in [2.24, 2.45) is 0 Å². The second-order valence-corrected chi connectivity index (χ2v) is 3.00. The molecular weight excluding hydrogens is 164 g/mol. The number of hydrogen-bond acceptors (Lipinski definition) is 0. The molecule has 0 spiro atoms. The van der Waals surface area contributed by atoms with Gasteiger partial charge in [0.1, 0.15) is 0 Å². The standard InChI is InChI=1S/C11H12.2H2O/c1-2-9-7-8-10-5-3-4-6-11(9)10;;/h3-9H,2H2,1H3;2*1H2. The Hall–Kier alpha value is -1.12. The van der Waals surface area contributed by atoms with E-state index in [-0.39, 0.29) is 11.0 Å². The van der Waals surface area contributed by atoms with Crippen LogP contribution in [0.25, 0.3) is 6.08 Å². The molecule has 0 heterocycles. The number of allylic oxidation sites excluding steroid dienone is 1. The third-order valence-corrected chi connectivity index (χ3v) is 2.34. The molecule has 0 saturated heterocycles. The Morgan fingerprint density at radius 2 is 1.85 bits per heavy atom. The van der Waals surface area contributed by atoms with Gasteiger partial charge in [-0.15, -0.1) is 0 Å². The molecule has 1 unspecified atom stereocenters. The summed E-state index contributed by atoms with van der Waals surface area (Å²) in [5.41, 5.74) is 2.90. The Labute approximate surface area is 78.5 Å². The van der Waals surface area contributed by atoms with E-state index in [4.69, 9.17) is 0 Å². The quantitative estimate of drug-likeness (QED) is 0.629. The van der Waals surface area contributed by atoms with Crippen molar-refractivity contribution in [2.45, 2.75) is 19.3 Å². The number of benzene rings is 1. The molecule has 1 atom stereocenters. The molecule has 0 bridgehead atoms. The van der Waals surface area contributed by atoms with Crippen LogP contribution in [-0.2, 0) is 0 Å². The van der Waals surface area contributed by atoms with E-state index in [2.05, 4.69) is 43.3 Å². The Morgan fingerprint density at radius 1 is 1.15 bits per heavy atom. The fourth-order valence-electron chi connectivity index (χ4n) is 1.68. The van der Waals surface area contributed by atoms with E-state index in [1.54, 1.807) is 0 Å². The highest BCUT2D eigenvalue weighted by atomic mass is 16.0. The summed E-state index contributed by atoms with van der Waals surface area (Å²) in [6.07, 6.45) is 5.74. The van der Waals surface area contributed by atoms with Crippen LogP contribution in [0.3, 0.4) is 0 Å². The molecule has 72 valence electrons. The summed E-state index contributed by atoms with van der Waals surface area (Å²) in [4.78, 5) is 0. The normalized spacial score (nSPS) is 17.2. The smallest absolute Gasteiger partial charge is 0.00246 e. The first-order chi connectivity index (χ1) is 5.42. The molecule has 1 aromatic rings. The lowest BCUT2D eigenvalue weighted by molar-refractivity contribution is 0.818. The van der Waals surface area contributed by atoms with Gasteiger partial charge < -0.3 is 11.0 Å². The van der Waals surface area contributed by atoms with E-state index < -0.39 is 0 Å². The van der Waals surface area contributed by atoms with Gasteiger partial charge in [0.25, 0.3) is 0 Å². The molecule has 1 aliphatic rings. The minimum atomic E-state index is 0. The fourth-order valence-corrected chi connectivity index (χ4v) is 1.68. The van der Waals surface area contributed by atoms with Gasteiger partial charge in [-0.1, -0.05) is 43.3 Å². The van der Waals surface area contributed by atoms with Gasteiger partial charge in [-0.05, 0) is 17.5 Å². The maximum Gasteiger partial charge on any atom is 0.00246 e. The van der Waals surface area contributed by atoms with Crippen molar-refractivity contribution in [1.82, 2.24) is 0 Å². The molecule has 0 aromatic heterocycles. The van der Waals surface area contributed by atoms with E-state index in [0.717, 1.165) is 0 Å². The highest BCUT2D eigenvalue weighted by molar-refractivity contribution is 5.62. The first kappa shape index (κ1) is 11.9. The Balaban J connectivity index is 0.000000720. The third-order valence-electron chi connectivity index (χ3n) is 2.34. The lowest BCUT2D eigenvalue weighted by Crippen LogP contribution is -1.89. The average molecular weight is 180 g/mol. The summed E-state index contributed by atoms with van der Waals surface area (Å²) < 4.78 is 0. The van der Waals surface area contributed by atoms with E-state index in [1.807, 2.05) is 0 Å². The molecule has 1 aliphatic carbocycles. The number of hydrogen-bond donors (Lipinski definition) is 0. The van der Waals surface area contributed by atoms with Crippen molar-refractivity contribution in [3.63, 3.8) is 0 Å². The van der Waals surface area contributed by atoms with Crippen molar-refractivity contribution < 1.29 is 11.0 Å². The zero-order chi connectivity index (χ0) is 7.68. The molecule has 13 heavy (non-hydrogen) atoms. The van der Waals surface area contributed by atoms with Crippen molar-refractivity contribution in [1.29, 1.82) is 0 Å². The molecule has 0 amide bonds. The topological polar surface area (TPSA) is 63.0 Å². The minimum absolute atomic E-state index is 0. The van der Waals surface area contributed by atoms with Gasteiger partial charge in [-0.3, -0.25) is 0 Å². The second-order valence-electron chi connectivity index (χ2n) is 3.00. The Morgan fingerprint density at radius 3 is 2.54 bits per heavy atom. The Kier molecular flexibility index (Phi) is 4.38.